The van der Waals surface area contributed by atoms with E-state index in [4.69, 9.17) is 15.5 Å². The average Bonchev–Trinajstić information content (AvgIpc) is 2.56. The molecule has 136 valence electrons. The molecule has 23 heavy (non-hydrogen) atoms. The van der Waals surface area contributed by atoms with Gasteiger partial charge in [0.1, 0.15) is 0 Å². The van der Waals surface area contributed by atoms with E-state index in [0.29, 0.717) is 5.41 Å². The molecule has 1 heterocycles. The molecule has 0 radical (unpaired) electrons. The zero-order valence-corrected chi connectivity index (χ0v) is 17.3. The molecule has 0 amide bonds. The summed E-state index contributed by atoms with van der Waals surface area (Å²) in [5.74, 6) is 0.719. The lowest BCUT2D eigenvalue weighted by Crippen LogP contribution is -2.46. The fraction of sp³-hybridized carbons (Fsp3) is 0.941. The number of ether oxygens (including phenoxy) is 1. The highest BCUT2D eigenvalue weighted by Gasteiger charge is 2.34. The van der Waals surface area contributed by atoms with Crippen molar-refractivity contribution in [2.45, 2.75) is 46.0 Å². The molecule has 1 aliphatic carbocycles. The second kappa shape index (κ2) is 10.7. The SMILES string of the molecule is CCN(CC)C(N)=NCC1(CN2CCOCC2)CCCCC1.I. The lowest BCUT2D eigenvalue weighted by molar-refractivity contribution is 0.00934. The first-order chi connectivity index (χ1) is 10.7. The molecular weight excluding hydrogens is 403 g/mol. The van der Waals surface area contributed by atoms with Gasteiger partial charge in [-0.2, -0.15) is 0 Å². The summed E-state index contributed by atoms with van der Waals surface area (Å²) in [4.78, 5) is 9.50. The van der Waals surface area contributed by atoms with Gasteiger partial charge in [-0.15, -0.1) is 24.0 Å². The summed E-state index contributed by atoms with van der Waals surface area (Å²) in [5, 5.41) is 0. The first-order valence-corrected chi connectivity index (χ1v) is 9.04. The Hall–Kier alpha value is -0.0800. The standard InChI is InChI=1S/C17H34N4O.HI/c1-3-21(4-2)16(18)19-14-17(8-6-5-7-9-17)15-20-10-12-22-13-11-20;/h3-15H2,1-2H3,(H2,18,19);1H. The van der Waals surface area contributed by atoms with Crippen molar-refractivity contribution < 1.29 is 4.74 Å². The number of hydrogen-bond donors (Lipinski definition) is 1. The van der Waals surface area contributed by atoms with Crippen LogP contribution < -0.4 is 5.73 Å². The summed E-state index contributed by atoms with van der Waals surface area (Å²) in [6.07, 6.45) is 6.63. The van der Waals surface area contributed by atoms with E-state index in [1.807, 2.05) is 0 Å². The van der Waals surface area contributed by atoms with Crippen LogP contribution in [-0.2, 0) is 4.74 Å². The molecule has 1 saturated heterocycles. The van der Waals surface area contributed by atoms with Crippen LogP contribution in [0.1, 0.15) is 46.0 Å². The van der Waals surface area contributed by atoms with Crippen molar-refractivity contribution in [2.75, 3.05) is 52.5 Å². The minimum atomic E-state index is 0. The first kappa shape index (κ1) is 21.0. The number of rotatable bonds is 6. The Morgan fingerprint density at radius 3 is 2.30 bits per heavy atom. The van der Waals surface area contributed by atoms with E-state index in [9.17, 15) is 0 Å². The molecule has 0 atom stereocenters. The number of nitrogens with two attached hydrogens (primary N) is 1. The molecule has 0 unspecified atom stereocenters. The van der Waals surface area contributed by atoms with Gasteiger partial charge in [0, 0.05) is 44.7 Å². The van der Waals surface area contributed by atoms with Crippen molar-refractivity contribution in [2.24, 2.45) is 16.1 Å². The van der Waals surface area contributed by atoms with Crippen LogP contribution >= 0.6 is 24.0 Å². The van der Waals surface area contributed by atoms with Crippen LogP contribution in [0.15, 0.2) is 4.99 Å². The van der Waals surface area contributed by atoms with Crippen molar-refractivity contribution in [3.63, 3.8) is 0 Å². The van der Waals surface area contributed by atoms with Crippen LogP contribution in [0.5, 0.6) is 0 Å². The third-order valence-corrected chi connectivity index (χ3v) is 5.24. The van der Waals surface area contributed by atoms with E-state index in [-0.39, 0.29) is 24.0 Å². The molecule has 5 nitrogen and oxygen atoms in total. The summed E-state index contributed by atoms with van der Waals surface area (Å²) in [7, 11) is 0. The first-order valence-electron chi connectivity index (χ1n) is 9.04. The molecule has 2 fully saturated rings. The highest BCUT2D eigenvalue weighted by atomic mass is 127. The number of guanidine groups is 1. The highest BCUT2D eigenvalue weighted by Crippen LogP contribution is 2.37. The number of morpholine rings is 1. The number of nitrogens with zero attached hydrogens (tertiary/aromatic N) is 3. The normalized spacial score (nSPS) is 22.4. The summed E-state index contributed by atoms with van der Waals surface area (Å²) >= 11 is 0. The average molecular weight is 438 g/mol. The second-order valence-corrected chi connectivity index (χ2v) is 6.80. The predicted octanol–water partition coefficient (Wildman–Crippen LogP) is 2.54. The summed E-state index contributed by atoms with van der Waals surface area (Å²) in [5.41, 5.74) is 6.52. The fourth-order valence-electron chi connectivity index (χ4n) is 3.80. The van der Waals surface area contributed by atoms with Crippen LogP contribution in [0.2, 0.25) is 0 Å². The molecule has 0 aromatic heterocycles. The maximum atomic E-state index is 6.19. The van der Waals surface area contributed by atoms with Crippen LogP contribution in [0.4, 0.5) is 0 Å². The topological polar surface area (TPSA) is 54.1 Å². The lowest BCUT2D eigenvalue weighted by atomic mass is 9.73. The van der Waals surface area contributed by atoms with Gasteiger partial charge in [-0.1, -0.05) is 19.3 Å². The van der Waals surface area contributed by atoms with Crippen molar-refractivity contribution in [3.8, 4) is 0 Å². The maximum absolute atomic E-state index is 6.19. The van der Waals surface area contributed by atoms with E-state index in [1.54, 1.807) is 0 Å². The van der Waals surface area contributed by atoms with E-state index < -0.39 is 0 Å². The molecule has 0 aromatic rings. The smallest absolute Gasteiger partial charge is 0.191 e. The van der Waals surface area contributed by atoms with Gasteiger partial charge >= 0.3 is 0 Å². The number of aliphatic imine (C=N–C) groups is 1. The van der Waals surface area contributed by atoms with E-state index in [2.05, 4.69) is 23.6 Å². The third kappa shape index (κ3) is 6.38. The third-order valence-electron chi connectivity index (χ3n) is 5.24. The Labute approximate surface area is 159 Å². The Kier molecular flexibility index (Phi) is 9.77. The summed E-state index contributed by atoms with van der Waals surface area (Å²) < 4.78 is 5.48. The molecule has 1 aliphatic heterocycles. The molecule has 0 bridgehead atoms. The van der Waals surface area contributed by atoms with Gasteiger partial charge in [-0.3, -0.25) is 9.89 Å². The Balaban J connectivity index is 0.00000264. The lowest BCUT2D eigenvalue weighted by Gasteiger charge is -2.41. The molecule has 0 spiro atoms. The Morgan fingerprint density at radius 1 is 1.13 bits per heavy atom. The minimum absolute atomic E-state index is 0. The predicted molar refractivity (Wildman–Crippen MR) is 108 cm³/mol. The highest BCUT2D eigenvalue weighted by molar-refractivity contribution is 14.0. The van der Waals surface area contributed by atoms with E-state index in [1.165, 1.54) is 32.1 Å². The summed E-state index contributed by atoms with van der Waals surface area (Å²) in [6.45, 7) is 12.1. The van der Waals surface area contributed by atoms with Crippen LogP contribution in [0.3, 0.4) is 0 Å². The van der Waals surface area contributed by atoms with Gasteiger partial charge in [-0.25, -0.2) is 0 Å². The molecule has 1 saturated carbocycles. The van der Waals surface area contributed by atoms with Gasteiger partial charge in [0.05, 0.1) is 13.2 Å². The largest absolute Gasteiger partial charge is 0.379 e. The van der Waals surface area contributed by atoms with Crippen LogP contribution in [0, 0.1) is 5.41 Å². The number of hydrogen-bond acceptors (Lipinski definition) is 3. The zero-order valence-electron chi connectivity index (χ0n) is 14.9. The van der Waals surface area contributed by atoms with Gasteiger partial charge in [0.15, 0.2) is 5.96 Å². The monoisotopic (exact) mass is 438 g/mol. The second-order valence-electron chi connectivity index (χ2n) is 6.80. The Morgan fingerprint density at radius 2 is 1.74 bits per heavy atom. The van der Waals surface area contributed by atoms with Gasteiger partial charge in [0.2, 0.25) is 0 Å². The van der Waals surface area contributed by atoms with Crippen LogP contribution in [-0.4, -0.2) is 68.2 Å². The van der Waals surface area contributed by atoms with Gasteiger partial charge in [0.25, 0.3) is 0 Å². The van der Waals surface area contributed by atoms with E-state index >= 15 is 0 Å². The fourth-order valence-corrected chi connectivity index (χ4v) is 3.80. The van der Waals surface area contributed by atoms with Crippen LogP contribution in [0.25, 0.3) is 0 Å². The van der Waals surface area contributed by atoms with Crippen molar-refractivity contribution >= 4 is 29.9 Å². The minimum Gasteiger partial charge on any atom is -0.379 e. The quantitative estimate of drug-likeness (QED) is 0.394. The van der Waals surface area contributed by atoms with Gasteiger partial charge in [-0.05, 0) is 26.7 Å². The van der Waals surface area contributed by atoms with Crippen molar-refractivity contribution in [1.29, 1.82) is 0 Å². The Bertz CT molecular complexity index is 349. The molecule has 0 aromatic carbocycles. The molecular formula is C17H35IN4O. The maximum Gasteiger partial charge on any atom is 0.191 e. The summed E-state index contributed by atoms with van der Waals surface area (Å²) in [6, 6.07) is 0. The van der Waals surface area contributed by atoms with E-state index in [0.717, 1.165) is 58.4 Å². The molecule has 2 N–H and O–H groups in total. The van der Waals surface area contributed by atoms with Crippen molar-refractivity contribution in [1.82, 2.24) is 9.80 Å². The zero-order chi connectivity index (χ0) is 15.8. The molecule has 2 aliphatic rings. The van der Waals surface area contributed by atoms with Gasteiger partial charge < -0.3 is 15.4 Å². The van der Waals surface area contributed by atoms with Crippen molar-refractivity contribution in [3.05, 3.63) is 0 Å². The molecule has 2 rings (SSSR count). The number of halogens is 1. The molecule has 6 heteroatoms.